The van der Waals surface area contributed by atoms with Gasteiger partial charge in [-0.25, -0.2) is 4.98 Å². The Morgan fingerprint density at radius 2 is 2.39 bits per heavy atom. The van der Waals surface area contributed by atoms with Crippen LogP contribution in [0.3, 0.4) is 0 Å². The normalized spacial score (nSPS) is 10.9. The van der Waals surface area contributed by atoms with E-state index in [1.54, 1.807) is 29.3 Å². The molecule has 0 saturated carbocycles. The third kappa shape index (κ3) is 2.55. The van der Waals surface area contributed by atoms with Gasteiger partial charge in [-0.2, -0.15) is 16.3 Å². The number of thiazole rings is 1. The van der Waals surface area contributed by atoms with Gasteiger partial charge in [0, 0.05) is 5.38 Å². The van der Waals surface area contributed by atoms with Crippen LogP contribution in [-0.4, -0.2) is 15.1 Å². The lowest BCUT2D eigenvalue weighted by Gasteiger charge is -1.90. The zero-order valence-electron chi connectivity index (χ0n) is 9.07. The highest BCUT2D eigenvalue weighted by Gasteiger charge is 2.10. The van der Waals surface area contributed by atoms with E-state index in [1.807, 2.05) is 16.8 Å². The van der Waals surface area contributed by atoms with E-state index in [4.69, 9.17) is 10.3 Å². The average Bonchev–Trinajstić information content (AvgIpc) is 3.07. The van der Waals surface area contributed by atoms with Crippen molar-refractivity contribution in [1.29, 1.82) is 0 Å². The molecule has 18 heavy (non-hydrogen) atoms. The molecule has 0 amide bonds. The molecular formula is C10H8N4OS3. The summed E-state index contributed by atoms with van der Waals surface area (Å²) in [6.07, 6.45) is 1.75. The second-order valence-electron chi connectivity index (χ2n) is 3.33. The van der Waals surface area contributed by atoms with Crippen LogP contribution in [0.2, 0.25) is 0 Å². The van der Waals surface area contributed by atoms with Crippen LogP contribution >= 0.6 is 34.4 Å². The number of anilines is 1. The molecule has 0 aromatic carbocycles. The molecule has 2 N–H and O–H groups in total. The Kier molecular flexibility index (Phi) is 3.31. The Morgan fingerprint density at radius 3 is 3.11 bits per heavy atom. The maximum Gasteiger partial charge on any atom is 0.258 e. The minimum absolute atomic E-state index is 0.565. The number of hydrogen-bond acceptors (Lipinski definition) is 8. The van der Waals surface area contributed by atoms with Crippen LogP contribution in [0.15, 0.2) is 31.8 Å². The second-order valence-corrected chi connectivity index (χ2v) is 6.45. The Labute approximate surface area is 115 Å². The van der Waals surface area contributed by atoms with Gasteiger partial charge in [-0.05, 0) is 11.4 Å². The SMILES string of the molecule is Nc1ncc(SCc2noc(-c3ccsc3)n2)s1. The van der Waals surface area contributed by atoms with E-state index >= 15 is 0 Å². The molecule has 92 valence electrons. The zero-order chi connectivity index (χ0) is 12.4. The summed E-state index contributed by atoms with van der Waals surface area (Å²) in [7, 11) is 0. The fourth-order valence-electron chi connectivity index (χ4n) is 1.29. The van der Waals surface area contributed by atoms with Gasteiger partial charge in [0.15, 0.2) is 11.0 Å². The maximum absolute atomic E-state index is 5.56. The molecule has 8 heteroatoms. The molecule has 5 nitrogen and oxygen atoms in total. The van der Waals surface area contributed by atoms with E-state index in [1.165, 1.54) is 11.3 Å². The van der Waals surface area contributed by atoms with Gasteiger partial charge in [0.2, 0.25) is 0 Å². The van der Waals surface area contributed by atoms with Crippen molar-refractivity contribution in [3.8, 4) is 11.5 Å². The predicted octanol–water partition coefficient (Wildman–Crippen LogP) is 3.13. The number of hydrogen-bond donors (Lipinski definition) is 1. The first-order chi connectivity index (χ1) is 8.81. The van der Waals surface area contributed by atoms with E-state index < -0.39 is 0 Å². The molecule has 0 aliphatic carbocycles. The van der Waals surface area contributed by atoms with Crippen molar-refractivity contribution in [2.45, 2.75) is 9.96 Å². The molecule has 0 radical (unpaired) electrons. The van der Waals surface area contributed by atoms with Crippen LogP contribution in [0.1, 0.15) is 5.82 Å². The van der Waals surface area contributed by atoms with Crippen LogP contribution in [0, 0.1) is 0 Å². The third-order valence-corrected chi connectivity index (χ3v) is 4.78. The van der Waals surface area contributed by atoms with Gasteiger partial charge in [-0.3, -0.25) is 0 Å². The number of nitrogens with two attached hydrogens (primary N) is 1. The summed E-state index contributed by atoms with van der Waals surface area (Å²) in [6.45, 7) is 0. The van der Waals surface area contributed by atoms with Crippen LogP contribution in [0.5, 0.6) is 0 Å². The molecule has 0 unspecified atom stereocenters. The number of thioether (sulfide) groups is 1. The Hall–Kier alpha value is -1.38. The summed E-state index contributed by atoms with van der Waals surface area (Å²) < 4.78 is 6.25. The van der Waals surface area contributed by atoms with E-state index in [0.29, 0.717) is 22.6 Å². The quantitative estimate of drug-likeness (QED) is 0.745. The first-order valence-corrected chi connectivity index (χ1v) is 7.75. The van der Waals surface area contributed by atoms with Crippen molar-refractivity contribution in [2.75, 3.05) is 5.73 Å². The predicted molar refractivity (Wildman–Crippen MR) is 73.7 cm³/mol. The Bertz CT molecular complexity index is 631. The molecule has 0 aliphatic rings. The highest BCUT2D eigenvalue weighted by atomic mass is 32.2. The Morgan fingerprint density at radius 1 is 1.44 bits per heavy atom. The van der Waals surface area contributed by atoms with E-state index in [-0.39, 0.29) is 0 Å². The third-order valence-electron chi connectivity index (χ3n) is 2.08. The minimum atomic E-state index is 0.565. The van der Waals surface area contributed by atoms with E-state index in [9.17, 15) is 0 Å². The average molecular weight is 296 g/mol. The molecule has 3 aromatic rings. The van der Waals surface area contributed by atoms with Crippen molar-refractivity contribution in [2.24, 2.45) is 0 Å². The first kappa shape index (κ1) is 11.7. The van der Waals surface area contributed by atoms with Crippen LogP contribution in [0.4, 0.5) is 5.13 Å². The molecule has 3 heterocycles. The summed E-state index contributed by atoms with van der Waals surface area (Å²) >= 11 is 4.66. The van der Waals surface area contributed by atoms with Gasteiger partial charge in [-0.1, -0.05) is 16.5 Å². The Balaban J connectivity index is 1.67. The largest absolute Gasteiger partial charge is 0.375 e. The summed E-state index contributed by atoms with van der Waals surface area (Å²) in [5.41, 5.74) is 6.52. The molecule has 3 aromatic heterocycles. The van der Waals surface area contributed by atoms with Gasteiger partial charge in [0.1, 0.15) is 0 Å². The lowest BCUT2D eigenvalue weighted by Crippen LogP contribution is -1.82. The lowest BCUT2D eigenvalue weighted by atomic mass is 10.3. The van der Waals surface area contributed by atoms with Gasteiger partial charge in [0.25, 0.3) is 5.89 Å². The monoisotopic (exact) mass is 296 g/mol. The summed E-state index contributed by atoms with van der Waals surface area (Å²) in [5.74, 6) is 1.89. The molecule has 0 spiro atoms. The molecule has 0 saturated heterocycles. The molecule has 0 aliphatic heterocycles. The summed E-state index contributed by atoms with van der Waals surface area (Å²) in [6, 6.07) is 1.96. The molecule has 0 atom stereocenters. The second kappa shape index (κ2) is 5.09. The van der Waals surface area contributed by atoms with Crippen LogP contribution in [-0.2, 0) is 5.75 Å². The van der Waals surface area contributed by atoms with Crippen molar-refractivity contribution >= 4 is 39.6 Å². The molecular weight excluding hydrogens is 288 g/mol. The van der Waals surface area contributed by atoms with Crippen LogP contribution < -0.4 is 5.73 Å². The number of aromatic nitrogens is 3. The van der Waals surface area contributed by atoms with Gasteiger partial charge in [-0.15, -0.1) is 11.8 Å². The lowest BCUT2D eigenvalue weighted by molar-refractivity contribution is 0.425. The van der Waals surface area contributed by atoms with Crippen molar-refractivity contribution in [3.05, 3.63) is 28.8 Å². The smallest absolute Gasteiger partial charge is 0.258 e. The molecule has 0 bridgehead atoms. The summed E-state index contributed by atoms with van der Waals surface area (Å²) in [5, 5.41) is 8.48. The van der Waals surface area contributed by atoms with Crippen molar-refractivity contribution in [1.82, 2.24) is 15.1 Å². The highest BCUT2D eigenvalue weighted by Crippen LogP contribution is 2.29. The van der Waals surface area contributed by atoms with Gasteiger partial charge >= 0.3 is 0 Å². The van der Waals surface area contributed by atoms with Crippen molar-refractivity contribution in [3.63, 3.8) is 0 Å². The maximum atomic E-state index is 5.56. The first-order valence-electron chi connectivity index (χ1n) is 5.00. The van der Waals surface area contributed by atoms with E-state index in [2.05, 4.69) is 15.1 Å². The summed E-state index contributed by atoms with van der Waals surface area (Å²) in [4.78, 5) is 8.32. The van der Waals surface area contributed by atoms with Crippen LogP contribution in [0.25, 0.3) is 11.5 Å². The molecule has 3 rings (SSSR count). The fraction of sp³-hybridized carbons (Fsp3) is 0.100. The van der Waals surface area contributed by atoms with E-state index in [0.717, 1.165) is 9.77 Å². The number of rotatable bonds is 4. The van der Waals surface area contributed by atoms with Gasteiger partial charge in [0.05, 0.1) is 21.7 Å². The number of nitrogen functional groups attached to an aromatic ring is 1. The fourth-order valence-corrected chi connectivity index (χ4v) is 3.52. The number of thiophene rings is 1. The topological polar surface area (TPSA) is 77.8 Å². The van der Waals surface area contributed by atoms with Gasteiger partial charge < -0.3 is 10.3 Å². The highest BCUT2D eigenvalue weighted by molar-refractivity contribution is 8.00. The molecule has 0 fully saturated rings. The minimum Gasteiger partial charge on any atom is -0.375 e. The number of nitrogens with zero attached hydrogens (tertiary/aromatic N) is 3. The standard InChI is InChI=1S/C10H8N4OS3/c11-10-12-3-8(18-10)17-5-7-13-9(15-14-7)6-1-2-16-4-6/h1-4H,5H2,(H2,11,12). The van der Waals surface area contributed by atoms with Crippen molar-refractivity contribution < 1.29 is 4.52 Å². The zero-order valence-corrected chi connectivity index (χ0v) is 11.5.